The smallest absolute Gasteiger partial charge is 0.258 e. The molecule has 1 aliphatic heterocycles. The van der Waals surface area contributed by atoms with Crippen LogP contribution in [-0.4, -0.2) is 29.9 Å². The van der Waals surface area contributed by atoms with Gasteiger partial charge in [0.2, 0.25) is 5.91 Å². The number of likely N-dealkylation sites (tertiary alicyclic amines) is 1. The van der Waals surface area contributed by atoms with Crippen LogP contribution in [0.2, 0.25) is 0 Å². The molecule has 152 valence electrons. The highest BCUT2D eigenvalue weighted by Crippen LogP contribution is 2.29. The maximum Gasteiger partial charge on any atom is 0.258 e. The van der Waals surface area contributed by atoms with Crippen LogP contribution in [0.15, 0.2) is 42.5 Å². The van der Waals surface area contributed by atoms with E-state index in [1.165, 1.54) is 24.0 Å². The zero-order chi connectivity index (χ0) is 20.1. The molecule has 2 aromatic carbocycles. The van der Waals surface area contributed by atoms with Crippen LogP contribution in [0.25, 0.3) is 0 Å². The molecule has 0 radical (unpaired) electrons. The van der Waals surface area contributed by atoms with Crippen LogP contribution in [0.3, 0.4) is 0 Å². The van der Waals surface area contributed by atoms with Crippen molar-refractivity contribution in [1.29, 1.82) is 0 Å². The van der Waals surface area contributed by atoms with Crippen molar-refractivity contribution in [2.24, 2.45) is 0 Å². The number of ether oxygens (including phenoxy) is 1. The molecular weight excluding hydrogens is 364 g/mol. The van der Waals surface area contributed by atoms with E-state index in [0.29, 0.717) is 19.5 Å². The molecule has 0 atom stereocenters. The van der Waals surface area contributed by atoms with Crippen LogP contribution < -0.4 is 10.1 Å². The number of benzene rings is 2. The Morgan fingerprint density at radius 2 is 1.79 bits per heavy atom. The molecule has 0 saturated carbocycles. The number of hydrogen-bond donors (Lipinski definition) is 1. The first-order valence-electron chi connectivity index (χ1n) is 10.6. The minimum atomic E-state index is -0.134. The second-order valence-corrected chi connectivity index (χ2v) is 7.85. The molecule has 2 aromatic rings. The van der Waals surface area contributed by atoms with E-state index in [1.54, 1.807) is 0 Å². The summed E-state index contributed by atoms with van der Waals surface area (Å²) in [4.78, 5) is 26.2. The lowest BCUT2D eigenvalue weighted by molar-refractivity contribution is -0.128. The van der Waals surface area contributed by atoms with E-state index in [0.717, 1.165) is 42.7 Å². The highest BCUT2D eigenvalue weighted by Gasteiger charge is 2.21. The number of rotatable bonds is 7. The fraction of sp³-hybridized carbons (Fsp3) is 0.417. The molecule has 1 heterocycles. The largest absolute Gasteiger partial charge is 0.483 e. The van der Waals surface area contributed by atoms with Gasteiger partial charge in [-0.05, 0) is 60.4 Å². The van der Waals surface area contributed by atoms with Crippen molar-refractivity contribution in [2.75, 3.05) is 13.2 Å². The molecule has 0 spiro atoms. The van der Waals surface area contributed by atoms with Gasteiger partial charge in [0.05, 0.1) is 0 Å². The van der Waals surface area contributed by atoms with E-state index in [2.05, 4.69) is 11.4 Å². The van der Waals surface area contributed by atoms with Crippen LogP contribution in [0.4, 0.5) is 0 Å². The number of fused-ring (bicyclic) bond motifs is 1. The molecule has 4 rings (SSSR count). The Kier molecular flexibility index (Phi) is 6.13. The van der Waals surface area contributed by atoms with E-state index in [4.69, 9.17) is 4.74 Å². The van der Waals surface area contributed by atoms with Crippen LogP contribution in [-0.2, 0) is 35.5 Å². The predicted octanol–water partition coefficient (Wildman–Crippen LogP) is 3.38. The maximum atomic E-state index is 12.4. The molecule has 29 heavy (non-hydrogen) atoms. The van der Waals surface area contributed by atoms with Crippen molar-refractivity contribution in [3.05, 3.63) is 64.7 Å². The summed E-state index contributed by atoms with van der Waals surface area (Å²) in [5.74, 6) is 0.916. The summed E-state index contributed by atoms with van der Waals surface area (Å²) in [5.41, 5.74) is 4.73. The fourth-order valence-corrected chi connectivity index (χ4v) is 4.23. The number of carbonyl (C=O) groups excluding carboxylic acids is 2. The van der Waals surface area contributed by atoms with Crippen molar-refractivity contribution in [1.82, 2.24) is 10.2 Å². The Bertz CT molecular complexity index is 893. The van der Waals surface area contributed by atoms with Crippen LogP contribution >= 0.6 is 0 Å². The molecule has 0 aromatic heterocycles. The number of hydrogen-bond acceptors (Lipinski definition) is 3. The molecule has 1 fully saturated rings. The third-order valence-corrected chi connectivity index (χ3v) is 5.84. The second kappa shape index (κ2) is 9.12. The Balaban J connectivity index is 1.32. The Labute approximate surface area is 172 Å². The molecule has 2 aliphatic rings. The highest BCUT2D eigenvalue weighted by atomic mass is 16.5. The molecule has 0 unspecified atom stereocenters. The van der Waals surface area contributed by atoms with E-state index in [9.17, 15) is 9.59 Å². The van der Waals surface area contributed by atoms with Gasteiger partial charge in [0, 0.05) is 26.1 Å². The van der Waals surface area contributed by atoms with Gasteiger partial charge in [-0.2, -0.15) is 0 Å². The van der Waals surface area contributed by atoms with Gasteiger partial charge < -0.3 is 15.0 Å². The lowest BCUT2D eigenvalue weighted by Crippen LogP contribution is -2.30. The SMILES string of the molecule is O=C(COc1cccc2c1CCCC2)NCc1ccccc1CN1CCCC1=O. The molecule has 0 bridgehead atoms. The second-order valence-electron chi connectivity index (χ2n) is 7.85. The Morgan fingerprint density at radius 1 is 0.966 bits per heavy atom. The van der Waals surface area contributed by atoms with E-state index < -0.39 is 0 Å². The van der Waals surface area contributed by atoms with Gasteiger partial charge in [0.15, 0.2) is 6.61 Å². The molecule has 1 N–H and O–H groups in total. The molecule has 1 saturated heterocycles. The summed E-state index contributed by atoms with van der Waals surface area (Å²) in [7, 11) is 0. The van der Waals surface area contributed by atoms with Gasteiger partial charge in [0.1, 0.15) is 5.75 Å². The third-order valence-electron chi connectivity index (χ3n) is 5.84. The molecule has 2 amide bonds. The summed E-state index contributed by atoms with van der Waals surface area (Å²) in [6.07, 6.45) is 6.08. The number of aryl methyl sites for hydroxylation is 1. The van der Waals surface area contributed by atoms with Crippen LogP contribution in [0.5, 0.6) is 5.75 Å². The highest BCUT2D eigenvalue weighted by molar-refractivity contribution is 5.78. The van der Waals surface area contributed by atoms with Crippen molar-refractivity contribution >= 4 is 11.8 Å². The average Bonchev–Trinajstić information content (AvgIpc) is 3.16. The van der Waals surface area contributed by atoms with Gasteiger partial charge in [-0.15, -0.1) is 0 Å². The first kappa shape index (κ1) is 19.5. The van der Waals surface area contributed by atoms with E-state index >= 15 is 0 Å². The Hall–Kier alpha value is -2.82. The van der Waals surface area contributed by atoms with Crippen molar-refractivity contribution < 1.29 is 14.3 Å². The fourth-order valence-electron chi connectivity index (χ4n) is 4.23. The average molecular weight is 392 g/mol. The lowest BCUT2D eigenvalue weighted by Gasteiger charge is -2.20. The topological polar surface area (TPSA) is 58.6 Å². The quantitative estimate of drug-likeness (QED) is 0.786. The number of amides is 2. The van der Waals surface area contributed by atoms with Crippen molar-refractivity contribution in [2.45, 2.75) is 51.6 Å². The molecule has 5 nitrogen and oxygen atoms in total. The molecule has 1 aliphatic carbocycles. The number of nitrogens with zero attached hydrogens (tertiary/aromatic N) is 1. The summed E-state index contributed by atoms with van der Waals surface area (Å²) >= 11 is 0. The first-order valence-corrected chi connectivity index (χ1v) is 10.6. The van der Waals surface area contributed by atoms with Crippen molar-refractivity contribution in [3.63, 3.8) is 0 Å². The van der Waals surface area contributed by atoms with E-state index in [1.807, 2.05) is 41.3 Å². The normalized spacial score (nSPS) is 15.9. The Morgan fingerprint density at radius 3 is 2.62 bits per heavy atom. The standard InChI is InChI=1S/C24H28N2O3/c27-23(17-29-22-12-5-10-18-7-3-4-11-21(18)22)25-15-19-8-1-2-9-20(19)16-26-14-6-13-24(26)28/h1-2,5,8-10,12H,3-4,6-7,11,13-17H2,(H,25,27). The first-order chi connectivity index (χ1) is 14.2. The van der Waals surface area contributed by atoms with Gasteiger partial charge in [0.25, 0.3) is 5.91 Å². The predicted molar refractivity (Wildman–Crippen MR) is 112 cm³/mol. The lowest BCUT2D eigenvalue weighted by atomic mass is 9.91. The van der Waals surface area contributed by atoms with Gasteiger partial charge in [-0.25, -0.2) is 0 Å². The zero-order valence-corrected chi connectivity index (χ0v) is 16.8. The molecular formula is C24H28N2O3. The minimum absolute atomic E-state index is 0.0171. The third kappa shape index (κ3) is 4.78. The van der Waals surface area contributed by atoms with Gasteiger partial charge in [-0.3, -0.25) is 9.59 Å². The summed E-state index contributed by atoms with van der Waals surface area (Å²) in [6.45, 7) is 1.88. The summed E-state index contributed by atoms with van der Waals surface area (Å²) in [5, 5.41) is 2.96. The molecule has 5 heteroatoms. The number of nitrogens with one attached hydrogen (secondary N) is 1. The van der Waals surface area contributed by atoms with E-state index in [-0.39, 0.29) is 18.4 Å². The summed E-state index contributed by atoms with van der Waals surface area (Å²) in [6, 6.07) is 14.1. The number of carbonyl (C=O) groups is 2. The van der Waals surface area contributed by atoms with Gasteiger partial charge in [-0.1, -0.05) is 36.4 Å². The van der Waals surface area contributed by atoms with Gasteiger partial charge >= 0.3 is 0 Å². The van der Waals surface area contributed by atoms with Crippen LogP contribution in [0.1, 0.15) is 47.9 Å². The zero-order valence-electron chi connectivity index (χ0n) is 16.8. The van der Waals surface area contributed by atoms with Crippen molar-refractivity contribution in [3.8, 4) is 5.75 Å². The summed E-state index contributed by atoms with van der Waals surface area (Å²) < 4.78 is 5.84. The van der Waals surface area contributed by atoms with Crippen LogP contribution in [0, 0.1) is 0 Å². The monoisotopic (exact) mass is 392 g/mol. The minimum Gasteiger partial charge on any atom is -0.483 e. The maximum absolute atomic E-state index is 12.4.